The first-order valence-electron chi connectivity index (χ1n) is 3.50. The Morgan fingerprint density at radius 3 is 2.22 bits per heavy atom. The summed E-state index contributed by atoms with van der Waals surface area (Å²) in [6.45, 7) is 1.20. The molecular formula is C7H16NS. The molecule has 0 amide bonds. The van der Waals surface area contributed by atoms with Gasteiger partial charge in [0.15, 0.2) is 0 Å². The van der Waals surface area contributed by atoms with Crippen LogP contribution in [0.1, 0.15) is 19.3 Å². The lowest BCUT2D eigenvalue weighted by Gasteiger charge is -2.07. The molecule has 0 atom stereocenters. The molecule has 0 aliphatic carbocycles. The van der Waals surface area contributed by atoms with E-state index < -0.39 is 0 Å². The molecule has 0 aromatic carbocycles. The third-order valence-corrected chi connectivity index (χ3v) is 1.54. The second-order valence-electron chi connectivity index (χ2n) is 2.57. The van der Waals surface area contributed by atoms with Crippen molar-refractivity contribution in [3.63, 3.8) is 0 Å². The van der Waals surface area contributed by atoms with E-state index in [1.165, 1.54) is 25.8 Å². The van der Waals surface area contributed by atoms with Crippen LogP contribution in [-0.2, 0) is 0 Å². The van der Waals surface area contributed by atoms with E-state index in [2.05, 4.69) is 19.0 Å². The van der Waals surface area contributed by atoms with Gasteiger partial charge in [0, 0.05) is 5.75 Å². The Labute approximate surface area is 63.8 Å². The predicted molar refractivity (Wildman–Crippen MR) is 44.9 cm³/mol. The molecule has 0 aromatic heterocycles. The summed E-state index contributed by atoms with van der Waals surface area (Å²) in [5.41, 5.74) is 0. The van der Waals surface area contributed by atoms with Crippen LogP contribution in [0.4, 0.5) is 0 Å². The fourth-order valence-corrected chi connectivity index (χ4v) is 0.911. The Hall–Kier alpha value is 0.310. The van der Waals surface area contributed by atoms with E-state index in [0.29, 0.717) is 0 Å². The Morgan fingerprint density at radius 1 is 1.11 bits per heavy atom. The molecule has 0 rings (SSSR count). The molecule has 0 unspecified atom stereocenters. The van der Waals surface area contributed by atoms with E-state index in [0.717, 1.165) is 5.75 Å². The van der Waals surface area contributed by atoms with Gasteiger partial charge in [0.05, 0.1) is 0 Å². The Balaban J connectivity index is 2.75. The minimum absolute atomic E-state index is 0.924. The molecule has 0 saturated carbocycles. The molecule has 0 fully saturated rings. The van der Waals surface area contributed by atoms with Gasteiger partial charge in [-0.2, -0.15) is 0 Å². The second kappa shape index (κ2) is 6.43. The monoisotopic (exact) mass is 146 g/mol. The smallest absolute Gasteiger partial charge is 0.00369 e. The van der Waals surface area contributed by atoms with Crippen LogP contribution in [-0.4, -0.2) is 31.3 Å². The van der Waals surface area contributed by atoms with Crippen molar-refractivity contribution < 1.29 is 0 Å². The predicted octanol–water partition coefficient (Wildman–Crippen LogP) is 1.92. The van der Waals surface area contributed by atoms with Crippen molar-refractivity contribution in [2.45, 2.75) is 19.3 Å². The molecule has 0 N–H and O–H groups in total. The summed E-state index contributed by atoms with van der Waals surface area (Å²) in [4.78, 5) is 2.21. The van der Waals surface area contributed by atoms with Crippen LogP contribution in [0.3, 0.4) is 0 Å². The summed E-state index contributed by atoms with van der Waals surface area (Å²) in [7, 11) is 4.21. The maximum atomic E-state index is 4.82. The second-order valence-corrected chi connectivity index (χ2v) is 2.98. The summed E-state index contributed by atoms with van der Waals surface area (Å²) in [5, 5.41) is 0. The van der Waals surface area contributed by atoms with Gasteiger partial charge in [0.25, 0.3) is 0 Å². The summed E-state index contributed by atoms with van der Waals surface area (Å²) in [5.74, 6) is 0.924. The fourth-order valence-electron chi connectivity index (χ4n) is 0.707. The van der Waals surface area contributed by atoms with Crippen molar-refractivity contribution >= 4 is 12.6 Å². The average Bonchev–Trinajstić information content (AvgIpc) is 1.80. The van der Waals surface area contributed by atoms with Gasteiger partial charge in [-0.1, -0.05) is 19.0 Å². The first-order valence-corrected chi connectivity index (χ1v) is 4.08. The summed E-state index contributed by atoms with van der Waals surface area (Å²) < 4.78 is 0. The summed E-state index contributed by atoms with van der Waals surface area (Å²) in [6, 6.07) is 0. The molecule has 1 radical (unpaired) electrons. The van der Waals surface area contributed by atoms with Crippen molar-refractivity contribution in [2.75, 3.05) is 26.4 Å². The Kier molecular flexibility index (Phi) is 6.65. The van der Waals surface area contributed by atoms with Gasteiger partial charge in [0.1, 0.15) is 0 Å². The average molecular weight is 146 g/mol. The zero-order valence-electron chi connectivity index (χ0n) is 6.39. The minimum atomic E-state index is 0.924. The van der Waals surface area contributed by atoms with E-state index in [1.54, 1.807) is 0 Å². The van der Waals surface area contributed by atoms with Gasteiger partial charge in [-0.25, -0.2) is 0 Å². The van der Waals surface area contributed by atoms with Gasteiger partial charge in [-0.15, -0.1) is 0 Å². The van der Waals surface area contributed by atoms with Crippen molar-refractivity contribution in [1.29, 1.82) is 0 Å². The fraction of sp³-hybridized carbons (Fsp3) is 1.00. The van der Waals surface area contributed by atoms with Crippen LogP contribution in [0.25, 0.3) is 0 Å². The zero-order valence-corrected chi connectivity index (χ0v) is 7.21. The van der Waals surface area contributed by atoms with Gasteiger partial charge < -0.3 is 4.90 Å². The lowest BCUT2D eigenvalue weighted by molar-refractivity contribution is 0.394. The van der Waals surface area contributed by atoms with Crippen molar-refractivity contribution in [3.8, 4) is 0 Å². The molecule has 0 spiro atoms. The van der Waals surface area contributed by atoms with E-state index in [1.807, 2.05) is 0 Å². The van der Waals surface area contributed by atoms with Crippen LogP contribution < -0.4 is 0 Å². The minimum Gasteiger partial charge on any atom is -0.309 e. The quantitative estimate of drug-likeness (QED) is 0.536. The molecule has 0 saturated heterocycles. The van der Waals surface area contributed by atoms with Crippen LogP contribution in [0.5, 0.6) is 0 Å². The number of hydrogen-bond donors (Lipinski definition) is 0. The van der Waals surface area contributed by atoms with Gasteiger partial charge in [-0.05, 0) is 33.5 Å². The lowest BCUT2D eigenvalue weighted by atomic mass is 10.2. The molecule has 0 aliphatic heterocycles. The van der Waals surface area contributed by atoms with E-state index in [9.17, 15) is 0 Å². The number of rotatable bonds is 5. The molecule has 55 valence electrons. The number of nitrogens with zero attached hydrogens (tertiary/aromatic N) is 1. The molecule has 1 nitrogen and oxygen atoms in total. The normalized spacial score (nSPS) is 10.7. The standard InChI is InChI=1S/C7H16NS/c1-8(2)6-4-3-5-7-9/h3-7H2,1-2H3. The highest BCUT2D eigenvalue weighted by Gasteiger charge is 1.88. The van der Waals surface area contributed by atoms with E-state index in [-0.39, 0.29) is 0 Å². The number of hydrogen-bond acceptors (Lipinski definition) is 1. The van der Waals surface area contributed by atoms with Crippen LogP contribution in [0.2, 0.25) is 0 Å². The maximum Gasteiger partial charge on any atom is 0.00369 e. The van der Waals surface area contributed by atoms with E-state index in [4.69, 9.17) is 12.6 Å². The lowest BCUT2D eigenvalue weighted by Crippen LogP contribution is -2.12. The molecule has 0 aliphatic rings. The SMILES string of the molecule is CN(C)CCCCC[S]. The first-order chi connectivity index (χ1) is 4.27. The highest BCUT2D eigenvalue weighted by atomic mass is 32.1. The van der Waals surface area contributed by atoms with Gasteiger partial charge in [0.2, 0.25) is 0 Å². The summed E-state index contributed by atoms with van der Waals surface area (Å²) >= 11 is 4.82. The molecule has 0 bridgehead atoms. The molecule has 9 heavy (non-hydrogen) atoms. The van der Waals surface area contributed by atoms with Crippen LogP contribution in [0.15, 0.2) is 0 Å². The summed E-state index contributed by atoms with van der Waals surface area (Å²) in [6.07, 6.45) is 3.80. The van der Waals surface area contributed by atoms with Crippen LogP contribution in [0, 0.1) is 0 Å². The topological polar surface area (TPSA) is 3.24 Å². The Bertz CT molecular complexity index is 54.9. The first kappa shape index (κ1) is 9.31. The van der Waals surface area contributed by atoms with Gasteiger partial charge >= 0.3 is 0 Å². The van der Waals surface area contributed by atoms with Crippen LogP contribution >= 0.6 is 12.6 Å². The van der Waals surface area contributed by atoms with Crippen molar-refractivity contribution in [1.82, 2.24) is 4.90 Å². The highest BCUT2D eigenvalue weighted by Crippen LogP contribution is 1.96. The third kappa shape index (κ3) is 8.31. The largest absolute Gasteiger partial charge is 0.309 e. The maximum absolute atomic E-state index is 4.82. The Morgan fingerprint density at radius 2 is 1.78 bits per heavy atom. The highest BCUT2D eigenvalue weighted by molar-refractivity contribution is 7.80. The van der Waals surface area contributed by atoms with Crippen molar-refractivity contribution in [3.05, 3.63) is 0 Å². The van der Waals surface area contributed by atoms with E-state index >= 15 is 0 Å². The number of unbranched alkanes of at least 4 members (excludes halogenated alkanes) is 2. The molecule has 2 heteroatoms. The van der Waals surface area contributed by atoms with Gasteiger partial charge in [-0.3, -0.25) is 0 Å². The molecule has 0 aromatic rings. The third-order valence-electron chi connectivity index (χ3n) is 1.25. The molecular weight excluding hydrogens is 130 g/mol. The molecule has 0 heterocycles. The zero-order chi connectivity index (χ0) is 7.11. The van der Waals surface area contributed by atoms with Crippen molar-refractivity contribution in [2.24, 2.45) is 0 Å².